The number of aromatic nitrogens is 1. The van der Waals surface area contributed by atoms with Crippen LogP contribution in [0.3, 0.4) is 0 Å². The summed E-state index contributed by atoms with van der Waals surface area (Å²) < 4.78 is 25.1. The van der Waals surface area contributed by atoms with Gasteiger partial charge in [-0.2, -0.15) is 20.5 Å². The molecule has 0 saturated heterocycles. The van der Waals surface area contributed by atoms with Crippen molar-refractivity contribution in [2.75, 3.05) is 12.0 Å². The second kappa shape index (κ2) is 4.94. The van der Waals surface area contributed by atoms with Crippen LogP contribution in [0.1, 0.15) is 11.3 Å². The van der Waals surface area contributed by atoms with Crippen molar-refractivity contribution < 1.29 is 8.78 Å². The van der Waals surface area contributed by atoms with Gasteiger partial charge in [-0.25, -0.2) is 0 Å². The Balaban J connectivity index is 2.69. The van der Waals surface area contributed by atoms with Gasteiger partial charge in [0.1, 0.15) is 5.69 Å². The summed E-state index contributed by atoms with van der Waals surface area (Å²) in [7, 11) is 0. The quantitative estimate of drug-likeness (QED) is 0.746. The zero-order chi connectivity index (χ0) is 10.6. The van der Waals surface area contributed by atoms with Gasteiger partial charge < -0.3 is 0 Å². The number of alkyl halides is 3. The predicted octanol–water partition coefficient (Wildman–Crippen LogP) is 3.28. The summed E-state index contributed by atoms with van der Waals surface area (Å²) >= 11 is 6.52. The number of hydrogen-bond acceptors (Lipinski definition) is 2. The van der Waals surface area contributed by atoms with Gasteiger partial charge in [0.25, 0.3) is 0 Å². The minimum Gasteiger partial charge on any atom is -0.253 e. The molecule has 14 heavy (non-hydrogen) atoms. The Morgan fingerprint density at radius 3 is 2.64 bits per heavy atom. The van der Waals surface area contributed by atoms with E-state index in [2.05, 4.69) is 4.98 Å². The maximum absolute atomic E-state index is 12.5. The molecule has 0 spiro atoms. The minimum absolute atomic E-state index is 0.396. The molecule has 78 valence electrons. The molecule has 0 amide bonds. The lowest BCUT2D eigenvalue weighted by atomic mass is 10.2. The molecule has 1 aromatic heterocycles. The van der Waals surface area contributed by atoms with Gasteiger partial charge in [0.15, 0.2) is 0 Å². The Bertz CT molecular complexity index is 284. The second-order valence-corrected chi connectivity index (χ2v) is 4.25. The smallest absolute Gasteiger partial charge is 0.253 e. The maximum Gasteiger partial charge on any atom is 0.364 e. The molecule has 1 rings (SSSR count). The summed E-state index contributed by atoms with van der Waals surface area (Å²) in [6.45, 7) is 0. The van der Waals surface area contributed by atoms with E-state index in [0.717, 1.165) is 17.7 Å². The molecule has 0 aliphatic carbocycles. The van der Waals surface area contributed by atoms with Crippen molar-refractivity contribution in [3.63, 3.8) is 0 Å². The fourth-order valence-electron chi connectivity index (χ4n) is 0.960. The van der Waals surface area contributed by atoms with E-state index in [1.54, 1.807) is 17.8 Å². The van der Waals surface area contributed by atoms with Crippen LogP contribution in [0.4, 0.5) is 8.78 Å². The highest BCUT2D eigenvalue weighted by Crippen LogP contribution is 2.30. The molecule has 1 nitrogen and oxygen atoms in total. The first-order valence-electron chi connectivity index (χ1n) is 4.05. The molecular weight excluding hydrogens is 228 g/mol. The highest BCUT2D eigenvalue weighted by atomic mass is 35.5. The van der Waals surface area contributed by atoms with Gasteiger partial charge in [-0.1, -0.05) is 6.07 Å². The average molecular weight is 238 g/mol. The largest absolute Gasteiger partial charge is 0.364 e. The SMILES string of the molecule is CSCCc1ccc(C(F)(F)Cl)nc1. The second-order valence-electron chi connectivity index (χ2n) is 2.79. The van der Waals surface area contributed by atoms with Crippen molar-refractivity contribution in [1.29, 1.82) is 0 Å². The predicted molar refractivity (Wildman–Crippen MR) is 56.1 cm³/mol. The lowest BCUT2D eigenvalue weighted by Crippen LogP contribution is -2.06. The molecule has 0 aliphatic rings. The fourth-order valence-corrected chi connectivity index (χ4v) is 1.51. The Labute approximate surface area is 90.9 Å². The van der Waals surface area contributed by atoms with Gasteiger partial charge in [0.05, 0.1) is 0 Å². The van der Waals surface area contributed by atoms with E-state index >= 15 is 0 Å². The number of thioether (sulfide) groups is 1. The number of aryl methyl sites for hydroxylation is 1. The molecule has 0 N–H and O–H groups in total. The van der Waals surface area contributed by atoms with E-state index in [-0.39, 0.29) is 0 Å². The summed E-state index contributed by atoms with van der Waals surface area (Å²) in [5.74, 6) is 0.957. The fraction of sp³-hybridized carbons (Fsp3) is 0.444. The van der Waals surface area contributed by atoms with Crippen LogP contribution in [-0.2, 0) is 11.8 Å². The normalized spacial score (nSPS) is 11.7. The zero-order valence-electron chi connectivity index (χ0n) is 7.64. The summed E-state index contributed by atoms with van der Waals surface area (Å²) in [6.07, 6.45) is 4.28. The van der Waals surface area contributed by atoms with Crippen LogP contribution in [0.5, 0.6) is 0 Å². The summed E-state index contributed by atoms with van der Waals surface area (Å²) in [5.41, 5.74) is 0.552. The van der Waals surface area contributed by atoms with Crippen molar-refractivity contribution in [3.05, 3.63) is 29.6 Å². The molecule has 0 aliphatic heterocycles. The monoisotopic (exact) mass is 237 g/mol. The number of nitrogens with zero attached hydrogens (tertiary/aromatic N) is 1. The third-order valence-corrected chi connectivity index (χ3v) is 2.52. The number of hydrogen-bond donors (Lipinski definition) is 0. The molecule has 0 fully saturated rings. The topological polar surface area (TPSA) is 12.9 Å². The molecule has 0 atom stereocenters. The Morgan fingerprint density at radius 2 is 2.21 bits per heavy atom. The first-order chi connectivity index (χ1) is 6.54. The molecule has 0 saturated carbocycles. The molecule has 0 aromatic carbocycles. The van der Waals surface area contributed by atoms with E-state index < -0.39 is 11.1 Å². The Hall–Kier alpha value is -0.350. The van der Waals surface area contributed by atoms with Crippen LogP contribution in [0.15, 0.2) is 18.3 Å². The summed E-state index contributed by atoms with van der Waals surface area (Å²) in [4.78, 5) is 3.61. The first kappa shape index (κ1) is 11.7. The zero-order valence-corrected chi connectivity index (χ0v) is 9.21. The number of halogens is 3. The van der Waals surface area contributed by atoms with Crippen molar-refractivity contribution in [2.45, 2.75) is 11.8 Å². The van der Waals surface area contributed by atoms with Crippen LogP contribution in [0.2, 0.25) is 0 Å². The third-order valence-electron chi connectivity index (χ3n) is 1.71. The van der Waals surface area contributed by atoms with Crippen molar-refractivity contribution in [2.24, 2.45) is 0 Å². The standard InChI is InChI=1S/C9H10ClF2NS/c1-14-5-4-7-2-3-8(13-6-7)9(10,11)12/h2-3,6H,4-5H2,1H3. The van der Waals surface area contributed by atoms with Crippen LogP contribution in [-0.4, -0.2) is 17.0 Å². The third kappa shape index (κ3) is 3.42. The highest BCUT2D eigenvalue weighted by Gasteiger charge is 2.29. The first-order valence-corrected chi connectivity index (χ1v) is 5.82. The lowest BCUT2D eigenvalue weighted by molar-refractivity contribution is 0.0900. The van der Waals surface area contributed by atoms with Gasteiger partial charge in [0, 0.05) is 6.20 Å². The van der Waals surface area contributed by atoms with Gasteiger partial charge >= 0.3 is 5.38 Å². The van der Waals surface area contributed by atoms with E-state index in [0.29, 0.717) is 0 Å². The van der Waals surface area contributed by atoms with Crippen LogP contribution < -0.4 is 0 Å². The van der Waals surface area contributed by atoms with Gasteiger partial charge in [-0.05, 0) is 41.7 Å². The van der Waals surface area contributed by atoms with Gasteiger partial charge in [0.2, 0.25) is 0 Å². The lowest BCUT2D eigenvalue weighted by Gasteiger charge is -2.07. The molecule has 1 aromatic rings. The summed E-state index contributed by atoms with van der Waals surface area (Å²) in [5, 5.41) is -3.36. The number of pyridine rings is 1. The average Bonchev–Trinajstić information content (AvgIpc) is 2.14. The van der Waals surface area contributed by atoms with Crippen LogP contribution >= 0.6 is 23.4 Å². The van der Waals surface area contributed by atoms with Gasteiger partial charge in [-0.3, -0.25) is 4.98 Å². The molecule has 5 heteroatoms. The van der Waals surface area contributed by atoms with Crippen molar-refractivity contribution in [1.82, 2.24) is 4.98 Å². The molecule has 0 radical (unpaired) electrons. The minimum atomic E-state index is -3.36. The van der Waals surface area contributed by atoms with E-state index in [9.17, 15) is 8.78 Å². The Kier molecular flexibility index (Phi) is 4.13. The molecule has 0 unspecified atom stereocenters. The van der Waals surface area contributed by atoms with Crippen LogP contribution in [0.25, 0.3) is 0 Å². The maximum atomic E-state index is 12.5. The van der Waals surface area contributed by atoms with E-state index in [4.69, 9.17) is 11.6 Å². The molecule has 0 bridgehead atoms. The van der Waals surface area contributed by atoms with Gasteiger partial charge in [-0.15, -0.1) is 0 Å². The summed E-state index contributed by atoms with van der Waals surface area (Å²) in [6, 6.07) is 2.90. The highest BCUT2D eigenvalue weighted by molar-refractivity contribution is 7.98. The van der Waals surface area contributed by atoms with Crippen molar-refractivity contribution in [3.8, 4) is 0 Å². The van der Waals surface area contributed by atoms with E-state index in [1.165, 1.54) is 12.3 Å². The number of rotatable bonds is 4. The molecular formula is C9H10ClF2NS. The Morgan fingerprint density at radius 1 is 1.50 bits per heavy atom. The van der Waals surface area contributed by atoms with E-state index in [1.807, 2.05) is 6.26 Å². The van der Waals surface area contributed by atoms with Crippen LogP contribution in [0, 0.1) is 0 Å². The molecule has 1 heterocycles. The van der Waals surface area contributed by atoms with Crippen molar-refractivity contribution >= 4 is 23.4 Å².